The Hall–Kier alpha value is -0.870. The van der Waals surface area contributed by atoms with Gasteiger partial charge in [0.25, 0.3) is 0 Å². The zero-order valence-electron chi connectivity index (χ0n) is 11.5. The van der Waals surface area contributed by atoms with Gasteiger partial charge in [-0.3, -0.25) is 0 Å². The summed E-state index contributed by atoms with van der Waals surface area (Å²) >= 11 is 7.47. The van der Waals surface area contributed by atoms with Crippen LogP contribution in [0.5, 0.6) is 0 Å². The Kier molecular flexibility index (Phi) is 5.40. The zero-order chi connectivity index (χ0) is 13.7. The molecule has 0 unspecified atom stereocenters. The Balaban J connectivity index is 1.76. The molecule has 19 heavy (non-hydrogen) atoms. The molecule has 0 aliphatic rings. The molecule has 0 aromatic carbocycles. The highest BCUT2D eigenvalue weighted by molar-refractivity contribution is 7.09. The molecule has 2 rings (SSSR count). The number of nitrogens with zero attached hydrogens (tertiary/aromatic N) is 3. The lowest BCUT2D eigenvalue weighted by molar-refractivity contribution is 0.568. The predicted octanol–water partition coefficient (Wildman–Crippen LogP) is 4.22. The van der Waals surface area contributed by atoms with Gasteiger partial charge < -0.3 is 4.57 Å². The molecule has 0 N–H and O–H groups in total. The molecule has 3 nitrogen and oxygen atoms in total. The van der Waals surface area contributed by atoms with Gasteiger partial charge in [-0.1, -0.05) is 13.8 Å². The van der Waals surface area contributed by atoms with Crippen molar-refractivity contribution >= 4 is 22.9 Å². The molecule has 0 saturated heterocycles. The number of unbranched alkanes of at least 4 members (excludes halogenated alkanes) is 1. The summed E-state index contributed by atoms with van der Waals surface area (Å²) in [7, 11) is 0. The Morgan fingerprint density at radius 1 is 1.37 bits per heavy atom. The minimum Gasteiger partial charge on any atom is -0.335 e. The van der Waals surface area contributed by atoms with Crippen molar-refractivity contribution < 1.29 is 0 Å². The number of aromatic nitrogens is 3. The van der Waals surface area contributed by atoms with Gasteiger partial charge >= 0.3 is 0 Å². The lowest BCUT2D eigenvalue weighted by atomic mass is 10.2. The Labute approximate surface area is 123 Å². The summed E-state index contributed by atoms with van der Waals surface area (Å²) < 4.78 is 2.26. The average Bonchev–Trinajstić information content (AvgIpc) is 3.03. The molecule has 0 amide bonds. The first-order chi connectivity index (χ1) is 9.20. The van der Waals surface area contributed by atoms with Crippen molar-refractivity contribution in [3.05, 3.63) is 34.3 Å². The Morgan fingerprint density at radius 2 is 2.21 bits per heavy atom. The molecule has 0 aliphatic carbocycles. The monoisotopic (exact) mass is 297 g/mol. The lowest BCUT2D eigenvalue weighted by Gasteiger charge is -2.09. The van der Waals surface area contributed by atoms with E-state index in [1.54, 1.807) is 11.3 Å². The number of hydrogen-bond acceptors (Lipinski definition) is 3. The zero-order valence-corrected chi connectivity index (χ0v) is 13.0. The first-order valence-electron chi connectivity index (χ1n) is 6.71. The minimum atomic E-state index is 0.486. The summed E-state index contributed by atoms with van der Waals surface area (Å²) in [6.45, 7) is 5.41. The van der Waals surface area contributed by atoms with Crippen LogP contribution in [0, 0.1) is 0 Å². The summed E-state index contributed by atoms with van der Waals surface area (Å²) in [4.78, 5) is 8.88. The molecular weight excluding hydrogens is 278 g/mol. The number of halogens is 1. The minimum absolute atomic E-state index is 0.486. The van der Waals surface area contributed by atoms with E-state index in [0.717, 1.165) is 31.5 Å². The largest absolute Gasteiger partial charge is 0.335 e. The fraction of sp³-hybridized carbons (Fsp3) is 0.571. The van der Waals surface area contributed by atoms with Crippen LogP contribution in [-0.2, 0) is 18.8 Å². The standard InChI is InChI=1S/C14H20ClN3S/c1-11(2)14-16-6-8-18(14)7-4-3-5-13-17-12(9-15)10-19-13/h6,8,10-11H,3-5,7,9H2,1-2H3. The molecule has 0 spiro atoms. The van der Waals surface area contributed by atoms with Crippen LogP contribution in [0.2, 0.25) is 0 Å². The van der Waals surface area contributed by atoms with Crippen LogP contribution in [0.15, 0.2) is 17.8 Å². The maximum atomic E-state index is 5.75. The summed E-state index contributed by atoms with van der Waals surface area (Å²) in [6, 6.07) is 0. The topological polar surface area (TPSA) is 30.7 Å². The molecular formula is C14H20ClN3S. The molecule has 0 bridgehead atoms. The SMILES string of the molecule is CC(C)c1nccn1CCCCc1nc(CCl)cs1. The fourth-order valence-electron chi connectivity index (χ4n) is 2.09. The molecule has 2 heterocycles. The molecule has 0 atom stereocenters. The predicted molar refractivity (Wildman–Crippen MR) is 80.9 cm³/mol. The van der Waals surface area contributed by atoms with Crippen molar-refractivity contribution in [3.63, 3.8) is 0 Å². The highest BCUT2D eigenvalue weighted by Gasteiger charge is 2.06. The molecule has 2 aromatic rings. The number of rotatable bonds is 7. The molecule has 104 valence electrons. The van der Waals surface area contributed by atoms with Gasteiger partial charge in [-0.15, -0.1) is 22.9 Å². The third kappa shape index (κ3) is 4.05. The Morgan fingerprint density at radius 3 is 2.89 bits per heavy atom. The molecule has 0 saturated carbocycles. The second kappa shape index (κ2) is 7.06. The van der Waals surface area contributed by atoms with Gasteiger partial charge in [-0.25, -0.2) is 9.97 Å². The second-order valence-corrected chi connectivity index (χ2v) is 6.17. The van der Waals surface area contributed by atoms with Crippen molar-refractivity contribution in [3.8, 4) is 0 Å². The number of imidazole rings is 1. The van der Waals surface area contributed by atoms with Crippen molar-refractivity contribution in [1.29, 1.82) is 0 Å². The fourth-order valence-corrected chi connectivity index (χ4v) is 3.16. The molecule has 0 fully saturated rings. The second-order valence-electron chi connectivity index (χ2n) is 4.96. The van der Waals surface area contributed by atoms with Crippen LogP contribution < -0.4 is 0 Å². The van der Waals surface area contributed by atoms with E-state index in [9.17, 15) is 0 Å². The maximum Gasteiger partial charge on any atom is 0.111 e. The first-order valence-corrected chi connectivity index (χ1v) is 8.12. The van der Waals surface area contributed by atoms with E-state index in [1.165, 1.54) is 10.8 Å². The molecule has 0 radical (unpaired) electrons. The van der Waals surface area contributed by atoms with Crippen LogP contribution in [0.1, 0.15) is 49.1 Å². The van der Waals surface area contributed by atoms with Crippen molar-refractivity contribution in [2.24, 2.45) is 0 Å². The van der Waals surface area contributed by atoms with Crippen molar-refractivity contribution in [2.75, 3.05) is 0 Å². The van der Waals surface area contributed by atoms with Crippen LogP contribution >= 0.6 is 22.9 Å². The van der Waals surface area contributed by atoms with Gasteiger partial charge in [0.1, 0.15) is 5.82 Å². The van der Waals surface area contributed by atoms with Crippen molar-refractivity contribution in [2.45, 2.75) is 51.5 Å². The molecule has 2 aromatic heterocycles. The smallest absolute Gasteiger partial charge is 0.111 e. The van der Waals surface area contributed by atoms with Crippen LogP contribution in [-0.4, -0.2) is 14.5 Å². The number of alkyl halides is 1. The van der Waals surface area contributed by atoms with E-state index >= 15 is 0 Å². The van der Waals surface area contributed by atoms with E-state index in [-0.39, 0.29) is 0 Å². The van der Waals surface area contributed by atoms with E-state index in [2.05, 4.69) is 40.0 Å². The summed E-state index contributed by atoms with van der Waals surface area (Å²) in [5.74, 6) is 2.18. The van der Waals surface area contributed by atoms with Gasteiger partial charge in [0.05, 0.1) is 16.6 Å². The maximum absolute atomic E-state index is 5.75. The van der Waals surface area contributed by atoms with E-state index in [4.69, 9.17) is 11.6 Å². The Bertz CT molecular complexity index is 504. The summed E-state index contributed by atoms with van der Waals surface area (Å²) in [5.41, 5.74) is 0.998. The van der Waals surface area contributed by atoms with Crippen molar-refractivity contribution in [1.82, 2.24) is 14.5 Å². The van der Waals surface area contributed by atoms with Crippen LogP contribution in [0.25, 0.3) is 0 Å². The van der Waals surface area contributed by atoms with E-state index in [1.807, 2.05) is 6.20 Å². The van der Waals surface area contributed by atoms with Crippen LogP contribution in [0.4, 0.5) is 0 Å². The van der Waals surface area contributed by atoms with E-state index in [0.29, 0.717) is 11.8 Å². The highest BCUT2D eigenvalue weighted by atomic mass is 35.5. The quantitative estimate of drug-likeness (QED) is 0.566. The van der Waals surface area contributed by atoms with Gasteiger partial charge in [0.2, 0.25) is 0 Å². The van der Waals surface area contributed by atoms with Gasteiger partial charge in [0.15, 0.2) is 0 Å². The third-order valence-corrected chi connectivity index (χ3v) is 4.27. The normalized spacial score (nSPS) is 11.4. The van der Waals surface area contributed by atoms with Gasteiger partial charge in [-0.05, 0) is 19.3 Å². The van der Waals surface area contributed by atoms with Crippen LogP contribution in [0.3, 0.4) is 0 Å². The number of hydrogen-bond donors (Lipinski definition) is 0. The first kappa shape index (κ1) is 14.5. The number of thiazole rings is 1. The number of aryl methyl sites for hydroxylation is 2. The van der Waals surface area contributed by atoms with Gasteiger partial charge in [-0.2, -0.15) is 0 Å². The lowest BCUT2D eigenvalue weighted by Crippen LogP contribution is -2.05. The van der Waals surface area contributed by atoms with E-state index < -0.39 is 0 Å². The summed E-state index contributed by atoms with van der Waals surface area (Å²) in [6.07, 6.45) is 7.33. The highest BCUT2D eigenvalue weighted by Crippen LogP contribution is 2.16. The summed E-state index contributed by atoms with van der Waals surface area (Å²) in [5, 5.41) is 3.25. The molecule has 0 aliphatic heterocycles. The third-order valence-electron chi connectivity index (χ3n) is 3.04. The van der Waals surface area contributed by atoms with Gasteiger partial charge in [0, 0.05) is 30.2 Å². The average molecular weight is 298 g/mol. The molecule has 5 heteroatoms.